The minimum atomic E-state index is -4.69. The number of amides is 2. The lowest BCUT2D eigenvalue weighted by atomic mass is 10.2. The fourth-order valence-electron chi connectivity index (χ4n) is 3.17. The summed E-state index contributed by atoms with van der Waals surface area (Å²) in [6, 6.07) is 9.79. The van der Waals surface area contributed by atoms with Gasteiger partial charge in [0.2, 0.25) is 0 Å². The quantitative estimate of drug-likeness (QED) is 0.339. The topological polar surface area (TPSA) is 102 Å². The van der Waals surface area contributed by atoms with Crippen molar-refractivity contribution in [2.45, 2.75) is 25.7 Å². The van der Waals surface area contributed by atoms with Crippen LogP contribution in [-0.4, -0.2) is 31.6 Å². The molecule has 0 radical (unpaired) electrons. The zero-order chi connectivity index (χ0) is 25.9. The summed E-state index contributed by atoms with van der Waals surface area (Å²) in [5.41, 5.74) is 0.294. The van der Waals surface area contributed by atoms with E-state index in [0.717, 1.165) is 23.1 Å². The maximum absolute atomic E-state index is 13.0. The van der Waals surface area contributed by atoms with Crippen molar-refractivity contribution in [1.29, 1.82) is 0 Å². The number of aromatic nitrogens is 4. The number of nitrogens with one attached hydrogen (secondary N) is 2. The number of hydrogen-bond acceptors (Lipinski definition) is 6. The van der Waals surface area contributed by atoms with Crippen molar-refractivity contribution in [3.8, 4) is 0 Å². The van der Waals surface area contributed by atoms with Gasteiger partial charge in [0.25, 0.3) is 11.8 Å². The van der Waals surface area contributed by atoms with Gasteiger partial charge in [-0.2, -0.15) is 18.3 Å². The lowest BCUT2D eigenvalue weighted by molar-refractivity contribution is -0.137. The van der Waals surface area contributed by atoms with Crippen LogP contribution in [0.2, 0.25) is 5.02 Å². The van der Waals surface area contributed by atoms with E-state index in [9.17, 15) is 22.8 Å². The van der Waals surface area contributed by atoms with Gasteiger partial charge in [0, 0.05) is 12.4 Å². The molecule has 0 fully saturated rings. The maximum atomic E-state index is 13.0. The summed E-state index contributed by atoms with van der Waals surface area (Å²) < 4.78 is 40.8. The highest BCUT2D eigenvalue weighted by atomic mass is 35.5. The number of thiazole rings is 1. The molecule has 186 valence electrons. The van der Waals surface area contributed by atoms with Crippen molar-refractivity contribution >= 4 is 40.6 Å². The van der Waals surface area contributed by atoms with Gasteiger partial charge in [-0.25, -0.2) is 9.97 Å². The van der Waals surface area contributed by atoms with Crippen LogP contribution in [0.1, 0.15) is 49.1 Å². The van der Waals surface area contributed by atoms with E-state index in [1.54, 1.807) is 17.8 Å². The van der Waals surface area contributed by atoms with Crippen LogP contribution in [0, 0.1) is 0 Å². The SMILES string of the molecule is C[C@@H](NC(=O)c1cnn(Cc2ccccc2)c1)c1ncc(C(=O)Nc2cc(C(F)(F)F)c(Cl)cn2)s1. The molecule has 4 aromatic rings. The van der Waals surface area contributed by atoms with Crippen molar-refractivity contribution in [3.05, 3.63) is 92.8 Å². The van der Waals surface area contributed by atoms with E-state index in [2.05, 4.69) is 25.7 Å². The van der Waals surface area contributed by atoms with Crippen LogP contribution in [0.15, 0.2) is 61.2 Å². The van der Waals surface area contributed by atoms with Gasteiger partial charge in [0.15, 0.2) is 0 Å². The number of anilines is 1. The summed E-state index contributed by atoms with van der Waals surface area (Å²) in [5.74, 6) is -1.36. The molecule has 2 amide bonds. The summed E-state index contributed by atoms with van der Waals surface area (Å²) in [6.07, 6.45) is 0.487. The largest absolute Gasteiger partial charge is 0.418 e. The molecule has 3 heterocycles. The maximum Gasteiger partial charge on any atom is 0.418 e. The Bertz CT molecular complexity index is 1390. The van der Waals surface area contributed by atoms with Crippen molar-refractivity contribution in [2.24, 2.45) is 0 Å². The molecule has 8 nitrogen and oxygen atoms in total. The smallest absolute Gasteiger partial charge is 0.343 e. The number of carbonyl (C=O) groups excluding carboxylic acids is 2. The Morgan fingerprint density at radius 3 is 2.58 bits per heavy atom. The Kier molecular flexibility index (Phi) is 7.36. The standard InChI is InChI=1S/C23H18ClF3N6O2S/c1-13(31-20(34)15-8-30-33(12-15)11-14-5-3-2-4-6-14)22-29-10-18(36-22)21(35)32-19-7-16(23(25,26)27)17(24)9-28-19/h2-10,12-13H,11H2,1H3,(H,31,34)(H,28,32,35)/t13-/m1/s1. The first-order valence-electron chi connectivity index (χ1n) is 10.5. The molecular formula is C23H18ClF3N6O2S. The van der Waals surface area contributed by atoms with Crippen molar-refractivity contribution in [1.82, 2.24) is 25.1 Å². The van der Waals surface area contributed by atoms with Crippen LogP contribution in [0.25, 0.3) is 0 Å². The molecule has 0 unspecified atom stereocenters. The highest BCUT2D eigenvalue weighted by molar-refractivity contribution is 7.13. The minimum absolute atomic E-state index is 0.132. The first-order chi connectivity index (χ1) is 17.1. The van der Waals surface area contributed by atoms with Crippen LogP contribution >= 0.6 is 22.9 Å². The van der Waals surface area contributed by atoms with Crippen molar-refractivity contribution < 1.29 is 22.8 Å². The summed E-state index contributed by atoms with van der Waals surface area (Å²) >= 11 is 6.54. The van der Waals surface area contributed by atoms with Gasteiger partial charge in [-0.15, -0.1) is 11.3 Å². The molecule has 0 aliphatic rings. The Morgan fingerprint density at radius 2 is 1.86 bits per heavy atom. The van der Waals surface area contributed by atoms with E-state index in [1.807, 2.05) is 30.3 Å². The second-order valence-electron chi connectivity index (χ2n) is 7.67. The fourth-order valence-corrected chi connectivity index (χ4v) is 4.20. The average Bonchev–Trinajstić information content (AvgIpc) is 3.50. The first kappa shape index (κ1) is 25.3. The van der Waals surface area contributed by atoms with Crippen LogP contribution < -0.4 is 10.6 Å². The molecule has 0 spiro atoms. The molecule has 0 bridgehead atoms. The van der Waals surface area contributed by atoms with E-state index in [1.165, 1.54) is 12.4 Å². The van der Waals surface area contributed by atoms with E-state index < -0.39 is 28.7 Å². The molecule has 3 aromatic heterocycles. The average molecular weight is 535 g/mol. The van der Waals surface area contributed by atoms with Crippen molar-refractivity contribution in [2.75, 3.05) is 5.32 Å². The van der Waals surface area contributed by atoms with Gasteiger partial charge < -0.3 is 10.6 Å². The van der Waals surface area contributed by atoms with Crippen LogP contribution in [0.4, 0.5) is 19.0 Å². The Hall–Kier alpha value is -3.77. The first-order valence-corrected chi connectivity index (χ1v) is 11.7. The summed E-state index contributed by atoms with van der Waals surface area (Å²) in [5, 5.41) is 9.17. The van der Waals surface area contributed by atoms with Gasteiger partial charge in [-0.3, -0.25) is 14.3 Å². The van der Waals surface area contributed by atoms with Crippen molar-refractivity contribution in [3.63, 3.8) is 0 Å². The number of rotatable bonds is 7. The number of nitrogens with zero attached hydrogens (tertiary/aromatic N) is 4. The summed E-state index contributed by atoms with van der Waals surface area (Å²) in [7, 11) is 0. The Labute approximate surface area is 212 Å². The summed E-state index contributed by atoms with van der Waals surface area (Å²) in [6.45, 7) is 2.21. The van der Waals surface area contributed by atoms with Gasteiger partial charge in [0.1, 0.15) is 15.7 Å². The molecule has 2 N–H and O–H groups in total. The lowest BCUT2D eigenvalue weighted by Gasteiger charge is -2.11. The molecular weight excluding hydrogens is 517 g/mol. The third-order valence-electron chi connectivity index (χ3n) is 4.95. The lowest BCUT2D eigenvalue weighted by Crippen LogP contribution is -2.26. The van der Waals surface area contributed by atoms with Gasteiger partial charge >= 0.3 is 6.18 Å². The Morgan fingerprint density at radius 1 is 1.11 bits per heavy atom. The van der Waals surface area contributed by atoms with Gasteiger partial charge in [-0.1, -0.05) is 41.9 Å². The second kappa shape index (κ2) is 10.5. The Balaban J connectivity index is 1.37. The molecule has 13 heteroatoms. The van der Waals surface area contributed by atoms with E-state index in [4.69, 9.17) is 11.6 Å². The molecule has 4 rings (SSSR count). The molecule has 0 aliphatic carbocycles. The monoisotopic (exact) mass is 534 g/mol. The number of hydrogen-bond donors (Lipinski definition) is 2. The molecule has 1 atom stereocenters. The number of benzene rings is 1. The molecule has 0 saturated carbocycles. The molecule has 0 aliphatic heterocycles. The normalized spacial score (nSPS) is 12.2. The zero-order valence-corrected chi connectivity index (χ0v) is 20.2. The molecule has 0 saturated heterocycles. The third kappa shape index (κ3) is 6.07. The minimum Gasteiger partial charge on any atom is -0.343 e. The fraction of sp³-hybridized carbons (Fsp3) is 0.174. The highest BCUT2D eigenvalue weighted by Crippen LogP contribution is 2.35. The van der Waals surface area contributed by atoms with Gasteiger partial charge in [0.05, 0.1) is 41.1 Å². The van der Waals surface area contributed by atoms with E-state index in [0.29, 0.717) is 23.2 Å². The van der Waals surface area contributed by atoms with Crippen LogP contribution in [-0.2, 0) is 12.7 Å². The number of halogens is 4. The van der Waals surface area contributed by atoms with Crippen LogP contribution in [0.5, 0.6) is 0 Å². The molecule has 36 heavy (non-hydrogen) atoms. The predicted molar refractivity (Wildman–Crippen MR) is 128 cm³/mol. The second-order valence-corrected chi connectivity index (χ2v) is 9.14. The number of pyridine rings is 1. The number of alkyl halides is 3. The van der Waals surface area contributed by atoms with Gasteiger partial charge in [-0.05, 0) is 18.6 Å². The summed E-state index contributed by atoms with van der Waals surface area (Å²) in [4.78, 5) is 33.1. The predicted octanol–water partition coefficient (Wildman–Crippen LogP) is 5.20. The third-order valence-corrected chi connectivity index (χ3v) is 6.43. The van der Waals surface area contributed by atoms with Crippen LogP contribution in [0.3, 0.4) is 0 Å². The number of carbonyl (C=O) groups is 2. The van der Waals surface area contributed by atoms with E-state index in [-0.39, 0.29) is 16.6 Å². The molecule has 1 aromatic carbocycles. The zero-order valence-electron chi connectivity index (χ0n) is 18.6. The van der Waals surface area contributed by atoms with E-state index >= 15 is 0 Å². The highest BCUT2D eigenvalue weighted by Gasteiger charge is 2.34.